The fourth-order valence-corrected chi connectivity index (χ4v) is 2.25. The van der Waals surface area contributed by atoms with Crippen LogP contribution in [0.1, 0.15) is 22.6 Å². The van der Waals surface area contributed by atoms with E-state index in [2.05, 4.69) is 20.5 Å². The molecular formula is C12H18N4O3. The molecule has 0 spiro atoms. The molecule has 4 N–H and O–H groups in total. The minimum atomic E-state index is -1.09. The normalized spacial score (nSPS) is 19.4. The Labute approximate surface area is 111 Å². The average molecular weight is 266 g/mol. The van der Waals surface area contributed by atoms with E-state index in [0.717, 1.165) is 19.5 Å². The van der Waals surface area contributed by atoms with Gasteiger partial charge in [0.1, 0.15) is 5.69 Å². The zero-order valence-electron chi connectivity index (χ0n) is 11.0. The lowest BCUT2D eigenvalue weighted by Crippen LogP contribution is -2.39. The summed E-state index contributed by atoms with van der Waals surface area (Å²) in [5.41, 5.74) is 0.971. The number of rotatable bonds is 3. The zero-order chi connectivity index (χ0) is 14.0. The van der Waals surface area contributed by atoms with Crippen LogP contribution in [0.15, 0.2) is 6.07 Å². The predicted molar refractivity (Wildman–Crippen MR) is 70.5 cm³/mol. The fourth-order valence-electron chi connectivity index (χ4n) is 2.25. The van der Waals surface area contributed by atoms with Crippen molar-refractivity contribution in [1.29, 1.82) is 0 Å². The molecule has 0 saturated carbocycles. The van der Waals surface area contributed by atoms with E-state index in [4.69, 9.17) is 5.11 Å². The molecule has 1 aliphatic heterocycles. The number of aromatic carboxylic acids is 1. The summed E-state index contributed by atoms with van der Waals surface area (Å²) < 4.78 is 0. The second-order valence-corrected chi connectivity index (χ2v) is 4.89. The number of amides is 2. The zero-order valence-corrected chi connectivity index (χ0v) is 11.0. The number of anilines is 1. The molecule has 1 saturated heterocycles. The van der Waals surface area contributed by atoms with E-state index >= 15 is 0 Å². The predicted octanol–water partition coefficient (Wildman–Crippen LogP) is 0.847. The Morgan fingerprint density at radius 2 is 2.26 bits per heavy atom. The molecule has 0 aliphatic carbocycles. The van der Waals surface area contributed by atoms with Crippen LogP contribution in [-0.2, 0) is 0 Å². The SMILES string of the molecule is Cc1cc(NC(=O)NC2CCN(C)C2)c(C(=O)O)[nH]1. The van der Waals surface area contributed by atoms with Crippen molar-refractivity contribution >= 4 is 17.7 Å². The second-order valence-electron chi connectivity index (χ2n) is 4.89. The Hall–Kier alpha value is -2.02. The molecule has 2 amide bonds. The monoisotopic (exact) mass is 266 g/mol. The standard InChI is InChI=1S/C12H18N4O3/c1-7-5-9(10(13-7)11(17)18)15-12(19)14-8-3-4-16(2)6-8/h5,8,13H,3-4,6H2,1-2H3,(H,17,18)(H2,14,15,19). The highest BCUT2D eigenvalue weighted by molar-refractivity contribution is 5.99. The number of nitrogens with one attached hydrogen (secondary N) is 3. The van der Waals surface area contributed by atoms with Gasteiger partial charge in [-0.25, -0.2) is 9.59 Å². The Balaban J connectivity index is 1.97. The van der Waals surface area contributed by atoms with Crippen molar-refractivity contribution in [3.8, 4) is 0 Å². The minimum absolute atomic E-state index is 0.00353. The van der Waals surface area contributed by atoms with E-state index in [9.17, 15) is 9.59 Å². The van der Waals surface area contributed by atoms with Crippen LogP contribution < -0.4 is 10.6 Å². The second kappa shape index (κ2) is 5.31. The molecule has 104 valence electrons. The lowest BCUT2D eigenvalue weighted by atomic mass is 10.3. The van der Waals surface area contributed by atoms with Gasteiger partial charge in [0.05, 0.1) is 5.69 Å². The van der Waals surface area contributed by atoms with Crippen molar-refractivity contribution in [3.63, 3.8) is 0 Å². The van der Waals surface area contributed by atoms with Gasteiger partial charge in [-0.3, -0.25) is 0 Å². The fraction of sp³-hybridized carbons (Fsp3) is 0.500. The molecule has 7 heteroatoms. The Kier molecular flexibility index (Phi) is 3.75. The molecule has 0 bridgehead atoms. The summed E-state index contributed by atoms with van der Waals surface area (Å²) in [5, 5.41) is 14.4. The van der Waals surface area contributed by atoms with E-state index in [0.29, 0.717) is 5.69 Å². The summed E-state index contributed by atoms with van der Waals surface area (Å²) in [4.78, 5) is 27.6. The van der Waals surface area contributed by atoms with E-state index in [-0.39, 0.29) is 23.5 Å². The van der Waals surface area contributed by atoms with Crippen molar-refractivity contribution < 1.29 is 14.7 Å². The number of H-pyrrole nitrogens is 1. The lowest BCUT2D eigenvalue weighted by molar-refractivity contribution is 0.0692. The average Bonchev–Trinajstić information content (AvgIpc) is 2.85. The highest BCUT2D eigenvalue weighted by atomic mass is 16.4. The number of aromatic amines is 1. The van der Waals surface area contributed by atoms with Crippen molar-refractivity contribution in [1.82, 2.24) is 15.2 Å². The maximum absolute atomic E-state index is 11.8. The van der Waals surface area contributed by atoms with Gasteiger partial charge in [0, 0.05) is 18.3 Å². The van der Waals surface area contributed by atoms with Crippen LogP contribution >= 0.6 is 0 Å². The van der Waals surface area contributed by atoms with Gasteiger partial charge in [0.15, 0.2) is 0 Å². The minimum Gasteiger partial charge on any atom is -0.477 e. The number of carboxylic acid groups (broad SMARTS) is 1. The molecule has 1 aromatic rings. The number of likely N-dealkylation sites (tertiary alicyclic amines) is 1. The number of carbonyl (C=O) groups is 2. The number of aromatic nitrogens is 1. The van der Waals surface area contributed by atoms with Crippen LogP contribution in [-0.4, -0.2) is 53.2 Å². The Morgan fingerprint density at radius 3 is 2.84 bits per heavy atom. The number of urea groups is 1. The van der Waals surface area contributed by atoms with E-state index in [1.807, 2.05) is 7.05 Å². The van der Waals surface area contributed by atoms with Gasteiger partial charge in [-0.15, -0.1) is 0 Å². The highest BCUT2D eigenvalue weighted by Crippen LogP contribution is 2.17. The van der Waals surface area contributed by atoms with Crippen molar-refractivity contribution in [2.45, 2.75) is 19.4 Å². The first-order chi connectivity index (χ1) is 8.95. The molecule has 1 atom stereocenters. The van der Waals surface area contributed by atoms with Crippen molar-refractivity contribution in [3.05, 3.63) is 17.5 Å². The van der Waals surface area contributed by atoms with Gasteiger partial charge >= 0.3 is 12.0 Å². The number of likely N-dealkylation sites (N-methyl/N-ethyl adjacent to an activating group) is 1. The van der Waals surface area contributed by atoms with Crippen LogP contribution in [0.5, 0.6) is 0 Å². The quantitative estimate of drug-likeness (QED) is 0.652. The number of aryl methyl sites for hydroxylation is 1. The summed E-state index contributed by atoms with van der Waals surface area (Å²) in [6.45, 7) is 3.50. The topological polar surface area (TPSA) is 97.5 Å². The molecule has 1 aliphatic rings. The van der Waals surface area contributed by atoms with Gasteiger partial charge in [-0.1, -0.05) is 0 Å². The Bertz CT molecular complexity index is 497. The third-order valence-electron chi connectivity index (χ3n) is 3.14. The summed E-state index contributed by atoms with van der Waals surface area (Å²) in [6.07, 6.45) is 0.905. The molecule has 1 unspecified atom stereocenters. The first-order valence-electron chi connectivity index (χ1n) is 6.14. The summed E-state index contributed by atoms with van der Waals surface area (Å²) in [7, 11) is 2.00. The van der Waals surface area contributed by atoms with Crippen molar-refractivity contribution in [2.75, 3.05) is 25.5 Å². The number of carboxylic acids is 1. The highest BCUT2D eigenvalue weighted by Gasteiger charge is 2.22. The van der Waals surface area contributed by atoms with Gasteiger partial charge in [0.2, 0.25) is 0 Å². The maximum atomic E-state index is 11.8. The number of hydrogen-bond acceptors (Lipinski definition) is 3. The van der Waals surface area contributed by atoms with E-state index < -0.39 is 5.97 Å². The summed E-state index contributed by atoms with van der Waals surface area (Å²) >= 11 is 0. The van der Waals surface area contributed by atoms with Gasteiger partial charge in [0.25, 0.3) is 0 Å². The van der Waals surface area contributed by atoms with Gasteiger partial charge in [-0.2, -0.15) is 0 Å². The molecule has 1 fully saturated rings. The molecular weight excluding hydrogens is 248 g/mol. The van der Waals surface area contributed by atoms with Crippen LogP contribution in [0.4, 0.5) is 10.5 Å². The molecule has 2 rings (SSSR count). The first kappa shape index (κ1) is 13.4. The summed E-state index contributed by atoms with van der Waals surface area (Å²) in [5.74, 6) is -1.09. The third-order valence-corrected chi connectivity index (χ3v) is 3.14. The molecule has 7 nitrogen and oxygen atoms in total. The maximum Gasteiger partial charge on any atom is 0.354 e. The smallest absolute Gasteiger partial charge is 0.354 e. The first-order valence-corrected chi connectivity index (χ1v) is 6.14. The summed E-state index contributed by atoms with van der Waals surface area (Å²) in [6, 6.07) is 1.34. The van der Waals surface area contributed by atoms with Gasteiger partial charge < -0.3 is 25.6 Å². The number of carbonyl (C=O) groups excluding carboxylic acids is 1. The van der Waals surface area contributed by atoms with Crippen LogP contribution in [0, 0.1) is 6.92 Å². The molecule has 1 aromatic heterocycles. The third kappa shape index (κ3) is 3.25. The number of hydrogen-bond donors (Lipinski definition) is 4. The van der Waals surface area contributed by atoms with Crippen LogP contribution in [0.25, 0.3) is 0 Å². The lowest BCUT2D eigenvalue weighted by Gasteiger charge is -2.13. The Morgan fingerprint density at radius 1 is 1.53 bits per heavy atom. The van der Waals surface area contributed by atoms with Gasteiger partial charge in [-0.05, 0) is 33.0 Å². The largest absolute Gasteiger partial charge is 0.477 e. The van der Waals surface area contributed by atoms with E-state index in [1.165, 1.54) is 0 Å². The number of nitrogens with zero attached hydrogens (tertiary/aromatic N) is 1. The molecule has 0 radical (unpaired) electrons. The molecule has 2 heterocycles. The van der Waals surface area contributed by atoms with Crippen molar-refractivity contribution in [2.24, 2.45) is 0 Å². The van der Waals surface area contributed by atoms with Crippen LogP contribution in [0.3, 0.4) is 0 Å². The molecule has 19 heavy (non-hydrogen) atoms. The van der Waals surface area contributed by atoms with E-state index in [1.54, 1.807) is 13.0 Å². The molecule has 0 aromatic carbocycles. The van der Waals surface area contributed by atoms with Crippen LogP contribution in [0.2, 0.25) is 0 Å².